The minimum atomic E-state index is -3.20. The molecule has 4 aliphatic carbocycles. The standard InChI is InChI=1S/C32H32N8.C6H10N5O2S.2C2H6.CH5NO2S.3CH4.B.Cu.Y.H2/c1-2-10-18-17(9-1)25-33-26(18)38-28-21-13-5-6-14-22(21)30(35-28)40-32-24-16-8-7-15-23(24)31(36-32)39-29-20-12-4-3-11-19(20)27(34-29)37-25;1-5-7-3-8-6(11-5)9-4-10-14(2,12)13;2*1-2;1-5(2,3)4;;;;;;;/h1-16H2;10H,4H2,1-2H3,(H,7,8,9,11);2*1-2H3;1H3,(H2,2,3,4);3*1H4;;;;1H/q-2;-1;;;;;;;;+2;;/i;;;;;;;;;;;1+1. The number of nitrogens with one attached hydrogen (secondary N) is 2. The quantitative estimate of drug-likeness (QED) is 0.101. The van der Waals surface area contributed by atoms with Gasteiger partial charge >= 0.3 is 17.1 Å². The summed E-state index contributed by atoms with van der Waals surface area (Å²) >= 11 is 0. The van der Waals surface area contributed by atoms with Crippen molar-refractivity contribution in [1.29, 1.82) is 0 Å². The maximum absolute atomic E-state index is 10.7. The smallest absolute Gasteiger partial charge is 0.394 e. The molecule has 0 spiro atoms. The summed E-state index contributed by atoms with van der Waals surface area (Å²) in [5, 5.41) is 6.98. The van der Waals surface area contributed by atoms with E-state index in [-0.39, 0.29) is 94.5 Å². The van der Waals surface area contributed by atoms with Gasteiger partial charge in [-0.25, -0.2) is 31.9 Å². The molecule has 6 heterocycles. The van der Waals surface area contributed by atoms with Crippen molar-refractivity contribution < 1.29 is 68.0 Å². The van der Waals surface area contributed by atoms with Gasteiger partial charge in [-0.15, -0.1) is 0 Å². The van der Waals surface area contributed by atoms with Crippen molar-refractivity contribution in [2.45, 2.75) is 160 Å². The number of fused-ring (bicyclic) bond motifs is 18. The number of rotatable bonds is 4. The molecule has 0 unspecified atom stereocenters. The zero-order chi connectivity index (χ0) is 45.3. The summed E-state index contributed by atoms with van der Waals surface area (Å²) in [5.41, 5.74) is 13.2. The largest absolute Gasteiger partial charge is 2.00 e. The van der Waals surface area contributed by atoms with E-state index < -0.39 is 20.0 Å². The number of primary sulfonamides is 1. The molecule has 0 amide bonds. The monoisotopic (exact) mass is 1110 g/mol. The van der Waals surface area contributed by atoms with Gasteiger partial charge in [0.05, 0.1) is 42.5 Å². The van der Waals surface area contributed by atoms with Crippen LogP contribution in [-0.2, 0) is 95.5 Å². The summed E-state index contributed by atoms with van der Waals surface area (Å²) in [5.74, 6) is 4.00. The van der Waals surface area contributed by atoms with Gasteiger partial charge in [0, 0.05) is 77.3 Å². The first-order valence-electron chi connectivity index (χ1n) is 22.1. The van der Waals surface area contributed by atoms with Crippen LogP contribution in [0.3, 0.4) is 0 Å². The molecule has 0 atom stereocenters. The SMILES string of the molecule is C.C.C.C1CCC2=C(C1)c1nc2nc2[n-]c(nc3nc(nc4[n-]c(n1)c1c4CCCC1)C1=C3CCCC1)c1c2CCCC1.CC.CC.CS(N)(=O)=O.Cc1n[c-]nc(NCNS(C)(=O)=O)n1.[2HH].[B].[Cu+2].[Y]. The van der Waals surface area contributed by atoms with Crippen LogP contribution in [0.5, 0.6) is 0 Å². The fourth-order valence-corrected chi connectivity index (χ4v) is 8.69. The van der Waals surface area contributed by atoms with Crippen LogP contribution in [-0.4, -0.2) is 89.3 Å². The van der Waals surface area contributed by atoms with Gasteiger partial charge in [0.2, 0.25) is 20.0 Å². The molecule has 8 bridgehead atoms. The van der Waals surface area contributed by atoms with Crippen LogP contribution in [0.25, 0.3) is 44.9 Å². The van der Waals surface area contributed by atoms with Crippen molar-refractivity contribution in [1.82, 2.24) is 59.5 Å². The van der Waals surface area contributed by atoms with Crippen LogP contribution in [0.15, 0.2) is 0 Å². The number of sulfonamides is 2. The third-order valence-electron chi connectivity index (χ3n) is 10.9. The number of nitrogens with zero attached hydrogens (tertiary/aromatic N) is 11. The van der Waals surface area contributed by atoms with Gasteiger partial charge in [0.1, 0.15) is 5.95 Å². The summed E-state index contributed by atoms with van der Waals surface area (Å²) < 4.78 is 42.4. The third kappa shape index (κ3) is 17.1. The molecule has 381 valence electrons. The summed E-state index contributed by atoms with van der Waals surface area (Å²) in [6.45, 7) is 9.73. The van der Waals surface area contributed by atoms with Crippen LogP contribution in [0.1, 0.15) is 180 Å². The van der Waals surface area contributed by atoms with Crippen molar-refractivity contribution >= 4 is 79.3 Å². The molecule has 23 heteroatoms. The first-order chi connectivity index (χ1) is 30.3. The zero-order valence-corrected chi connectivity index (χ0v) is 44.3. The Balaban J connectivity index is 0. The average molecular weight is 1110 g/mol. The minimum Gasteiger partial charge on any atom is -0.394 e. The molecule has 10 rings (SSSR count). The molecular formula is C46H73BCuN14O4S2Y-. The Morgan fingerprint density at radius 2 is 0.841 bits per heavy atom. The van der Waals surface area contributed by atoms with E-state index >= 15 is 0 Å². The molecule has 4 aromatic rings. The van der Waals surface area contributed by atoms with Crippen LogP contribution >= 0.6 is 0 Å². The van der Waals surface area contributed by atoms with Crippen LogP contribution in [0.2, 0.25) is 0 Å². The van der Waals surface area contributed by atoms with Crippen LogP contribution in [0.4, 0.5) is 5.95 Å². The van der Waals surface area contributed by atoms with E-state index in [0.29, 0.717) is 5.82 Å². The second-order valence-corrected chi connectivity index (χ2v) is 19.0. The Hall–Kier alpha value is -3.36. The molecular weight excluding hydrogens is 1040 g/mol. The average Bonchev–Trinajstić information content (AvgIpc) is 4.00. The Kier molecular flexibility index (Phi) is 28.4. The van der Waals surface area contributed by atoms with E-state index in [1.54, 1.807) is 6.92 Å². The van der Waals surface area contributed by atoms with Gasteiger partial charge in [-0.3, -0.25) is 0 Å². The van der Waals surface area contributed by atoms with E-state index in [9.17, 15) is 16.8 Å². The number of hydrogen-bond donors (Lipinski definition) is 3. The van der Waals surface area contributed by atoms with Gasteiger partial charge in [0.25, 0.3) is 0 Å². The summed E-state index contributed by atoms with van der Waals surface area (Å²) in [6, 6.07) is 0. The molecule has 0 saturated carbocycles. The molecule has 0 aromatic carbocycles. The molecule has 6 aliphatic rings. The Labute approximate surface area is 450 Å². The number of anilines is 1. The van der Waals surface area contributed by atoms with Gasteiger partial charge in [-0.1, -0.05) is 56.9 Å². The topological polar surface area (TPSA) is 263 Å². The first-order valence-corrected chi connectivity index (χ1v) is 26.0. The molecule has 4 N–H and O–H groups in total. The number of hydrogen-bond acceptors (Lipinski definition) is 14. The molecule has 5 radical (unpaired) electrons. The summed E-state index contributed by atoms with van der Waals surface area (Å²) in [6.07, 6.45) is 21.7. The van der Waals surface area contributed by atoms with Gasteiger partial charge in [-0.05, 0) is 147 Å². The molecule has 0 saturated heterocycles. The van der Waals surface area contributed by atoms with Crippen molar-refractivity contribution in [3.63, 3.8) is 0 Å². The molecule has 0 fully saturated rings. The normalized spacial score (nSPS) is 15.0. The van der Waals surface area contributed by atoms with Gasteiger partial charge in [0.15, 0.2) is 0 Å². The van der Waals surface area contributed by atoms with E-state index in [1.807, 2.05) is 27.7 Å². The minimum absolute atomic E-state index is 0. The van der Waals surface area contributed by atoms with E-state index in [2.05, 4.69) is 36.5 Å². The second kappa shape index (κ2) is 29.9. The van der Waals surface area contributed by atoms with Crippen molar-refractivity contribution in [2.24, 2.45) is 5.14 Å². The van der Waals surface area contributed by atoms with Crippen molar-refractivity contribution in [3.05, 3.63) is 57.7 Å². The summed E-state index contributed by atoms with van der Waals surface area (Å²) in [7, 11) is -6.36. The number of aromatic nitrogens is 11. The zero-order valence-electron chi connectivity index (χ0n) is 38.9. The Morgan fingerprint density at radius 3 is 1.12 bits per heavy atom. The molecule has 2 aliphatic heterocycles. The number of allylic oxidation sites excluding steroid dienone is 4. The molecule has 18 nitrogen and oxygen atoms in total. The number of aryl methyl sites for hydroxylation is 5. The van der Waals surface area contributed by atoms with Gasteiger partial charge in [-0.2, -0.15) is 4.72 Å². The predicted molar refractivity (Wildman–Crippen MR) is 274 cm³/mol. The van der Waals surface area contributed by atoms with E-state index in [1.165, 1.54) is 44.5 Å². The predicted octanol–water partition coefficient (Wildman–Crippen LogP) is 7.50. The second-order valence-electron chi connectivity index (χ2n) is 15.5. The number of nitrogens with two attached hydrogens (primary N) is 1. The van der Waals surface area contributed by atoms with E-state index in [4.69, 9.17) is 39.9 Å². The Morgan fingerprint density at radius 1 is 0.551 bits per heavy atom. The third-order valence-corrected chi connectivity index (χ3v) is 11.6. The van der Waals surface area contributed by atoms with Gasteiger partial charge < -0.3 is 50.2 Å². The first kappa shape index (κ1) is 65.6. The molecule has 69 heavy (non-hydrogen) atoms. The van der Waals surface area contributed by atoms with Crippen molar-refractivity contribution in [2.75, 3.05) is 24.5 Å². The maximum atomic E-state index is 10.7. The summed E-state index contributed by atoms with van der Waals surface area (Å²) in [4.78, 5) is 52.2. The maximum Gasteiger partial charge on any atom is 2.00 e. The van der Waals surface area contributed by atoms with Crippen LogP contribution < -0.4 is 25.1 Å². The fraction of sp³-hybridized carbons (Fsp3) is 0.587. The van der Waals surface area contributed by atoms with Crippen molar-refractivity contribution in [3.8, 4) is 0 Å². The fourth-order valence-electron chi connectivity index (χ4n) is 8.35. The Bertz CT molecular complexity index is 2530. The van der Waals surface area contributed by atoms with E-state index in [0.717, 1.165) is 161 Å². The van der Waals surface area contributed by atoms with Crippen LogP contribution in [0, 0.1) is 13.3 Å². The molecule has 4 aromatic heterocycles.